The molecular formula is C16H17N5O2. The van der Waals surface area contributed by atoms with Crippen LogP contribution < -0.4 is 0 Å². The lowest BCUT2D eigenvalue weighted by atomic mass is 10.0. The number of hydrogen-bond acceptors (Lipinski definition) is 5. The van der Waals surface area contributed by atoms with Crippen LogP contribution >= 0.6 is 0 Å². The van der Waals surface area contributed by atoms with E-state index in [0.29, 0.717) is 24.0 Å². The minimum absolute atomic E-state index is 0.0944. The summed E-state index contributed by atoms with van der Waals surface area (Å²) in [6, 6.07) is 7.47. The van der Waals surface area contributed by atoms with E-state index in [4.69, 9.17) is 4.52 Å². The van der Waals surface area contributed by atoms with Crippen LogP contribution in [0.25, 0.3) is 10.9 Å². The Kier molecular flexibility index (Phi) is 3.33. The van der Waals surface area contributed by atoms with Gasteiger partial charge in [0.25, 0.3) is 5.91 Å². The summed E-state index contributed by atoms with van der Waals surface area (Å²) in [7, 11) is 0. The van der Waals surface area contributed by atoms with Gasteiger partial charge in [0.1, 0.15) is 6.04 Å². The summed E-state index contributed by atoms with van der Waals surface area (Å²) >= 11 is 0. The first-order valence-corrected chi connectivity index (χ1v) is 7.78. The molecule has 3 aromatic rings. The summed E-state index contributed by atoms with van der Waals surface area (Å²) in [5, 5.41) is 11.8. The van der Waals surface area contributed by atoms with Crippen LogP contribution in [0, 0.1) is 6.92 Å². The Hall–Kier alpha value is -2.70. The lowest BCUT2D eigenvalue weighted by Gasteiger charge is -2.32. The van der Waals surface area contributed by atoms with Crippen molar-refractivity contribution in [3.63, 3.8) is 0 Å². The van der Waals surface area contributed by atoms with E-state index in [0.717, 1.165) is 30.2 Å². The van der Waals surface area contributed by atoms with Crippen LogP contribution in [-0.4, -0.2) is 37.7 Å². The first-order valence-electron chi connectivity index (χ1n) is 7.78. The fraction of sp³-hybridized carbons (Fsp3) is 0.375. The Balaban J connectivity index is 1.70. The number of carbonyl (C=O) groups excluding carboxylic acids is 1. The van der Waals surface area contributed by atoms with Gasteiger partial charge in [-0.05, 0) is 32.3 Å². The van der Waals surface area contributed by atoms with Gasteiger partial charge in [-0.1, -0.05) is 23.4 Å². The standard InChI is InChI=1S/C16H17N5O2/c1-10-17-15(23-20-10)13-8-4-5-9-21(13)16(22)14-11-6-2-3-7-12(11)18-19-14/h2-3,6-7,13H,4-5,8-9H2,1H3,(H,18,19)/t13-/m1/s1. The van der Waals surface area contributed by atoms with E-state index in [1.807, 2.05) is 24.3 Å². The maximum absolute atomic E-state index is 13.0. The lowest BCUT2D eigenvalue weighted by molar-refractivity contribution is 0.0557. The molecule has 1 aliphatic heterocycles. The zero-order chi connectivity index (χ0) is 15.8. The van der Waals surface area contributed by atoms with Crippen LogP contribution in [0.4, 0.5) is 0 Å². The highest BCUT2D eigenvalue weighted by atomic mass is 16.5. The molecule has 1 aromatic carbocycles. The molecule has 7 heteroatoms. The SMILES string of the molecule is Cc1noc([C@H]2CCCCN2C(=O)c2n[nH]c3ccccc23)n1. The smallest absolute Gasteiger partial charge is 0.275 e. The number of amides is 1. The van der Waals surface area contributed by atoms with E-state index in [-0.39, 0.29) is 11.9 Å². The molecule has 7 nitrogen and oxygen atoms in total. The molecule has 1 N–H and O–H groups in total. The normalized spacial score (nSPS) is 18.5. The number of fused-ring (bicyclic) bond motifs is 1. The van der Waals surface area contributed by atoms with Gasteiger partial charge < -0.3 is 9.42 Å². The van der Waals surface area contributed by atoms with Crippen molar-refractivity contribution in [3.8, 4) is 0 Å². The van der Waals surface area contributed by atoms with Crippen molar-refractivity contribution in [1.82, 2.24) is 25.2 Å². The second-order valence-corrected chi connectivity index (χ2v) is 5.81. The number of likely N-dealkylation sites (tertiary alicyclic amines) is 1. The molecule has 2 aromatic heterocycles. The molecule has 118 valence electrons. The Bertz CT molecular complexity index is 853. The second kappa shape index (κ2) is 5.49. The van der Waals surface area contributed by atoms with Crippen LogP contribution in [0.2, 0.25) is 0 Å². The van der Waals surface area contributed by atoms with Crippen LogP contribution in [0.15, 0.2) is 28.8 Å². The molecule has 0 unspecified atom stereocenters. The van der Waals surface area contributed by atoms with Crippen LogP contribution in [-0.2, 0) is 0 Å². The maximum Gasteiger partial charge on any atom is 0.275 e. The van der Waals surface area contributed by atoms with Crippen LogP contribution in [0.5, 0.6) is 0 Å². The third-order valence-electron chi connectivity index (χ3n) is 4.26. The quantitative estimate of drug-likeness (QED) is 0.786. The van der Waals surface area contributed by atoms with Crippen molar-refractivity contribution in [1.29, 1.82) is 0 Å². The van der Waals surface area contributed by atoms with Crippen molar-refractivity contribution >= 4 is 16.8 Å². The number of hydrogen-bond donors (Lipinski definition) is 1. The molecule has 0 spiro atoms. The summed E-state index contributed by atoms with van der Waals surface area (Å²) in [6.45, 7) is 2.45. The summed E-state index contributed by atoms with van der Waals surface area (Å²) in [6.07, 6.45) is 2.84. The number of rotatable bonds is 2. The number of nitrogens with zero attached hydrogens (tertiary/aromatic N) is 4. The summed E-state index contributed by atoms with van der Waals surface area (Å²) in [4.78, 5) is 19.1. The van der Waals surface area contributed by atoms with Gasteiger partial charge in [0.2, 0.25) is 5.89 Å². The van der Waals surface area contributed by atoms with Crippen molar-refractivity contribution in [3.05, 3.63) is 41.7 Å². The minimum atomic E-state index is -0.173. The zero-order valence-electron chi connectivity index (χ0n) is 12.8. The summed E-state index contributed by atoms with van der Waals surface area (Å²) in [5.41, 5.74) is 1.31. The van der Waals surface area contributed by atoms with E-state index in [2.05, 4.69) is 20.3 Å². The van der Waals surface area contributed by atoms with Crippen LogP contribution in [0.1, 0.15) is 47.5 Å². The monoisotopic (exact) mass is 311 g/mol. The molecule has 23 heavy (non-hydrogen) atoms. The Morgan fingerprint density at radius 2 is 2.22 bits per heavy atom. The number of aromatic nitrogens is 4. The second-order valence-electron chi connectivity index (χ2n) is 5.81. The molecule has 3 heterocycles. The third-order valence-corrected chi connectivity index (χ3v) is 4.26. The van der Waals surface area contributed by atoms with Gasteiger partial charge in [-0.3, -0.25) is 9.89 Å². The molecule has 0 saturated carbocycles. The molecule has 1 atom stereocenters. The zero-order valence-corrected chi connectivity index (χ0v) is 12.8. The fourth-order valence-corrected chi connectivity index (χ4v) is 3.14. The average molecular weight is 311 g/mol. The van der Waals surface area contributed by atoms with E-state index in [9.17, 15) is 4.79 Å². The number of carbonyl (C=O) groups is 1. The number of para-hydroxylation sites is 1. The van der Waals surface area contributed by atoms with Gasteiger partial charge in [-0.2, -0.15) is 10.1 Å². The fourth-order valence-electron chi connectivity index (χ4n) is 3.14. The molecule has 1 aliphatic rings. The van der Waals surface area contributed by atoms with Crippen molar-refractivity contribution < 1.29 is 9.32 Å². The molecule has 0 radical (unpaired) electrons. The molecule has 1 saturated heterocycles. The Morgan fingerprint density at radius 3 is 3.04 bits per heavy atom. The van der Waals surface area contributed by atoms with E-state index in [1.165, 1.54) is 0 Å². The third kappa shape index (κ3) is 2.38. The van der Waals surface area contributed by atoms with Crippen molar-refractivity contribution in [2.45, 2.75) is 32.2 Å². The Morgan fingerprint density at radius 1 is 1.35 bits per heavy atom. The summed E-state index contributed by atoms with van der Waals surface area (Å²) < 4.78 is 5.31. The lowest BCUT2D eigenvalue weighted by Crippen LogP contribution is -2.39. The molecule has 0 bridgehead atoms. The van der Waals surface area contributed by atoms with E-state index in [1.54, 1.807) is 11.8 Å². The number of benzene rings is 1. The van der Waals surface area contributed by atoms with Gasteiger partial charge in [0.05, 0.1) is 5.52 Å². The van der Waals surface area contributed by atoms with Crippen molar-refractivity contribution in [2.75, 3.05) is 6.54 Å². The number of H-pyrrole nitrogens is 1. The first-order chi connectivity index (χ1) is 11.2. The molecule has 1 fully saturated rings. The van der Waals surface area contributed by atoms with Gasteiger partial charge in [-0.25, -0.2) is 0 Å². The largest absolute Gasteiger partial charge is 0.337 e. The highest BCUT2D eigenvalue weighted by molar-refractivity contribution is 6.04. The molecular weight excluding hydrogens is 294 g/mol. The van der Waals surface area contributed by atoms with E-state index >= 15 is 0 Å². The molecule has 4 rings (SSSR count). The summed E-state index contributed by atoms with van der Waals surface area (Å²) in [5.74, 6) is 1.00. The average Bonchev–Trinajstić information content (AvgIpc) is 3.20. The van der Waals surface area contributed by atoms with Gasteiger partial charge in [-0.15, -0.1) is 0 Å². The van der Waals surface area contributed by atoms with Gasteiger partial charge >= 0.3 is 0 Å². The highest BCUT2D eigenvalue weighted by Gasteiger charge is 2.34. The minimum Gasteiger partial charge on any atom is -0.337 e. The highest BCUT2D eigenvalue weighted by Crippen LogP contribution is 2.31. The van der Waals surface area contributed by atoms with Gasteiger partial charge in [0, 0.05) is 11.9 Å². The Labute approximate surface area is 132 Å². The molecule has 1 amide bonds. The number of aromatic amines is 1. The number of aryl methyl sites for hydroxylation is 1. The molecule has 0 aliphatic carbocycles. The van der Waals surface area contributed by atoms with E-state index < -0.39 is 0 Å². The number of nitrogens with one attached hydrogen (secondary N) is 1. The number of piperidine rings is 1. The first kappa shape index (κ1) is 13.9. The van der Waals surface area contributed by atoms with Crippen molar-refractivity contribution in [2.24, 2.45) is 0 Å². The topological polar surface area (TPSA) is 87.9 Å². The predicted octanol–water partition coefficient (Wildman–Crippen LogP) is 2.62. The predicted molar refractivity (Wildman–Crippen MR) is 82.8 cm³/mol. The maximum atomic E-state index is 13.0. The van der Waals surface area contributed by atoms with Crippen LogP contribution in [0.3, 0.4) is 0 Å². The van der Waals surface area contributed by atoms with Gasteiger partial charge in [0.15, 0.2) is 11.5 Å².